The summed E-state index contributed by atoms with van der Waals surface area (Å²) in [7, 11) is 0. The maximum absolute atomic E-state index is 13.3. The highest BCUT2D eigenvalue weighted by atomic mass is 16.7. The summed E-state index contributed by atoms with van der Waals surface area (Å²) in [6.45, 7) is 2.73. The first-order valence-electron chi connectivity index (χ1n) is 34.0. The van der Waals surface area contributed by atoms with Crippen LogP contribution < -0.4 is 5.32 Å². The number of allylic oxidation sites excluding steroid dienone is 10. The molecule has 484 valence electrons. The second-order valence-electron chi connectivity index (χ2n) is 23.9. The summed E-state index contributed by atoms with van der Waals surface area (Å²) in [6.07, 6.45) is 54.0. The summed E-state index contributed by atoms with van der Waals surface area (Å²) in [6, 6.07) is -0.863. The Bertz CT molecular complexity index is 1620. The van der Waals surface area contributed by atoms with Gasteiger partial charge in [-0.15, -0.1) is 0 Å². The lowest BCUT2D eigenvalue weighted by Gasteiger charge is -2.46. The third kappa shape index (κ3) is 38.6. The molecule has 0 aromatic carbocycles. The molecule has 83 heavy (non-hydrogen) atoms. The average molecular weight is 1180 g/mol. The largest absolute Gasteiger partial charge is 0.394 e. The van der Waals surface area contributed by atoms with Crippen LogP contribution in [0.4, 0.5) is 0 Å². The van der Waals surface area contributed by atoms with Crippen molar-refractivity contribution in [2.45, 2.75) is 351 Å². The molecule has 0 aromatic heterocycles. The number of aliphatic hydroxyl groups excluding tert-OH is 8. The molecule has 0 radical (unpaired) electrons. The number of unbranched alkanes of at least 4 members (excludes halogenated alkanes) is 32. The van der Waals surface area contributed by atoms with Gasteiger partial charge in [0.15, 0.2) is 12.6 Å². The van der Waals surface area contributed by atoms with E-state index in [0.717, 1.165) is 57.8 Å². The van der Waals surface area contributed by atoms with Crippen LogP contribution in [-0.4, -0.2) is 140 Å². The molecule has 2 rings (SSSR count). The Morgan fingerprint density at radius 1 is 0.446 bits per heavy atom. The molecule has 1 amide bonds. The fourth-order valence-corrected chi connectivity index (χ4v) is 11.1. The lowest BCUT2D eigenvalue weighted by molar-refractivity contribution is -0.359. The predicted octanol–water partition coefficient (Wildman–Crippen LogP) is 13.3. The molecule has 12 atom stereocenters. The van der Waals surface area contributed by atoms with E-state index in [9.17, 15) is 45.6 Å². The monoisotopic (exact) mass is 1180 g/mol. The van der Waals surface area contributed by atoms with Crippen molar-refractivity contribution < 1.29 is 64.6 Å². The number of hydrogen-bond donors (Lipinski definition) is 9. The highest BCUT2D eigenvalue weighted by Gasteiger charge is 2.51. The van der Waals surface area contributed by atoms with Gasteiger partial charge >= 0.3 is 0 Å². The third-order valence-corrected chi connectivity index (χ3v) is 16.5. The number of carbonyl (C=O) groups is 1. The van der Waals surface area contributed by atoms with E-state index >= 15 is 0 Å². The summed E-state index contributed by atoms with van der Waals surface area (Å²) in [4.78, 5) is 13.3. The Hall–Kier alpha value is -2.31. The van der Waals surface area contributed by atoms with Crippen molar-refractivity contribution in [3.8, 4) is 0 Å². The van der Waals surface area contributed by atoms with Crippen LogP contribution in [0.25, 0.3) is 0 Å². The number of amides is 1. The summed E-state index contributed by atoms with van der Waals surface area (Å²) in [5.74, 6) is -0.262. The van der Waals surface area contributed by atoms with Gasteiger partial charge in [0, 0.05) is 6.42 Å². The van der Waals surface area contributed by atoms with Crippen molar-refractivity contribution in [3.63, 3.8) is 0 Å². The lowest BCUT2D eigenvalue weighted by Crippen LogP contribution is -2.65. The highest BCUT2D eigenvalue weighted by molar-refractivity contribution is 5.76. The Balaban J connectivity index is 1.66. The second-order valence-corrected chi connectivity index (χ2v) is 23.9. The summed E-state index contributed by atoms with van der Waals surface area (Å²) in [5, 5.41) is 87.4. The van der Waals surface area contributed by atoms with Crippen molar-refractivity contribution in [1.29, 1.82) is 0 Å². The number of hydrogen-bond acceptors (Lipinski definition) is 13. The molecule has 0 saturated carbocycles. The summed E-state index contributed by atoms with van der Waals surface area (Å²) < 4.78 is 22.8. The predicted molar refractivity (Wildman–Crippen MR) is 337 cm³/mol. The van der Waals surface area contributed by atoms with Crippen LogP contribution in [0.3, 0.4) is 0 Å². The number of carbonyl (C=O) groups excluding carboxylic acids is 1. The van der Waals surface area contributed by atoms with Crippen LogP contribution in [0.15, 0.2) is 60.8 Å². The van der Waals surface area contributed by atoms with Crippen molar-refractivity contribution >= 4 is 5.91 Å². The molecule has 2 heterocycles. The van der Waals surface area contributed by atoms with Crippen LogP contribution >= 0.6 is 0 Å². The van der Waals surface area contributed by atoms with Crippen LogP contribution in [0.5, 0.6) is 0 Å². The summed E-state index contributed by atoms with van der Waals surface area (Å²) in [5.41, 5.74) is 0. The quantitative estimate of drug-likeness (QED) is 0.0204. The maximum Gasteiger partial charge on any atom is 0.220 e. The fraction of sp³-hybridized carbons (Fsp3) is 0.841. The van der Waals surface area contributed by atoms with E-state index in [0.29, 0.717) is 19.3 Å². The molecule has 0 aliphatic carbocycles. The Kier molecular flexibility index (Phi) is 49.9. The lowest BCUT2D eigenvalue weighted by atomic mass is 9.97. The molecule has 2 saturated heterocycles. The van der Waals surface area contributed by atoms with E-state index < -0.39 is 86.8 Å². The minimum absolute atomic E-state index is 0.224. The van der Waals surface area contributed by atoms with Crippen molar-refractivity contribution in [3.05, 3.63) is 60.8 Å². The minimum atomic E-state index is -1.79. The first-order valence-corrected chi connectivity index (χ1v) is 34.0. The third-order valence-electron chi connectivity index (χ3n) is 16.5. The Morgan fingerprint density at radius 3 is 1.23 bits per heavy atom. The molecule has 0 bridgehead atoms. The van der Waals surface area contributed by atoms with E-state index in [1.54, 1.807) is 0 Å². The van der Waals surface area contributed by atoms with Crippen LogP contribution in [0, 0.1) is 0 Å². The normalized spacial score (nSPS) is 24.2. The van der Waals surface area contributed by atoms with Gasteiger partial charge in [-0.3, -0.25) is 4.79 Å². The maximum atomic E-state index is 13.3. The summed E-state index contributed by atoms with van der Waals surface area (Å²) >= 11 is 0. The van der Waals surface area contributed by atoms with Crippen molar-refractivity contribution in [2.24, 2.45) is 0 Å². The van der Waals surface area contributed by atoms with Gasteiger partial charge in [0.1, 0.15) is 48.8 Å². The first kappa shape index (κ1) is 76.8. The van der Waals surface area contributed by atoms with Gasteiger partial charge in [0.2, 0.25) is 5.91 Å². The van der Waals surface area contributed by atoms with Crippen LogP contribution in [-0.2, 0) is 23.7 Å². The molecule has 2 fully saturated rings. The Morgan fingerprint density at radius 2 is 0.819 bits per heavy atom. The van der Waals surface area contributed by atoms with Gasteiger partial charge in [-0.1, -0.05) is 280 Å². The van der Waals surface area contributed by atoms with E-state index in [-0.39, 0.29) is 18.9 Å². The zero-order valence-corrected chi connectivity index (χ0v) is 52.4. The van der Waals surface area contributed by atoms with Crippen LogP contribution in [0.1, 0.15) is 277 Å². The van der Waals surface area contributed by atoms with Gasteiger partial charge in [0.25, 0.3) is 0 Å². The Labute approximate surface area is 505 Å². The zero-order valence-electron chi connectivity index (χ0n) is 52.4. The van der Waals surface area contributed by atoms with E-state index in [4.69, 9.17) is 18.9 Å². The standard InChI is InChI=1S/C69H125NO13/c1-3-5-7-9-11-13-15-17-19-21-22-23-24-25-26-27-28-29-30-31-32-33-34-35-37-38-40-42-44-46-48-50-52-58(73)57(70-61(74)53-51-49-47-45-43-41-39-36-20-18-16-14-12-10-8-6-4-2)56-80-68-66(79)64(77)67(60(55-72)82-68)83-69-65(78)63(76)62(75)59(54-71)81-69/h6,8,12,14,18,20,39,41,45,47,57-60,62-69,71-73,75-79H,3-5,7,9-11,13,15-17,19,21-38,40,42-44,46,48-56H2,1-2H3,(H,70,74)/b8-6-,14-12-,20-18-,41-39-,47-45-. The van der Waals surface area contributed by atoms with Gasteiger partial charge in [-0.05, 0) is 51.4 Å². The van der Waals surface area contributed by atoms with Crippen molar-refractivity contribution in [1.82, 2.24) is 5.32 Å². The molecular weight excluding hydrogens is 1050 g/mol. The zero-order chi connectivity index (χ0) is 60.2. The molecule has 12 unspecified atom stereocenters. The van der Waals surface area contributed by atoms with Crippen LogP contribution in [0.2, 0.25) is 0 Å². The minimum Gasteiger partial charge on any atom is -0.394 e. The smallest absolute Gasteiger partial charge is 0.220 e. The molecule has 0 aromatic rings. The number of ether oxygens (including phenoxy) is 4. The fourth-order valence-electron chi connectivity index (χ4n) is 11.1. The molecule has 14 nitrogen and oxygen atoms in total. The SMILES string of the molecule is CC/C=C\C/C=C\C/C=C\C/C=C\C/C=C\CCCC(=O)NC(COC1OC(CO)C(OC2OC(CO)C(O)C(O)C2O)C(O)C1O)C(O)CCCCCCCCCCCCCCCCCCCCCCCCCCCCCCCCCC. The molecule has 9 N–H and O–H groups in total. The topological polar surface area (TPSA) is 228 Å². The number of aliphatic hydroxyl groups is 8. The number of nitrogens with one attached hydrogen (secondary N) is 1. The van der Waals surface area contributed by atoms with E-state index in [1.807, 2.05) is 0 Å². The van der Waals surface area contributed by atoms with Gasteiger partial charge in [0.05, 0.1) is 32.0 Å². The van der Waals surface area contributed by atoms with E-state index in [2.05, 4.69) is 79.9 Å². The van der Waals surface area contributed by atoms with Gasteiger partial charge in [-0.2, -0.15) is 0 Å². The molecule has 2 aliphatic rings. The molecule has 14 heteroatoms. The number of rotatable bonds is 55. The first-order chi connectivity index (χ1) is 40.6. The van der Waals surface area contributed by atoms with Gasteiger partial charge < -0.3 is 65.1 Å². The van der Waals surface area contributed by atoms with Gasteiger partial charge in [-0.25, -0.2) is 0 Å². The van der Waals surface area contributed by atoms with Crippen molar-refractivity contribution in [2.75, 3.05) is 19.8 Å². The highest BCUT2D eigenvalue weighted by Crippen LogP contribution is 2.30. The molecular formula is C69H125NO13. The molecule has 2 aliphatic heterocycles. The molecule has 0 spiro atoms. The average Bonchev–Trinajstić information content (AvgIpc) is 3.65. The van der Waals surface area contributed by atoms with E-state index in [1.165, 1.54) is 180 Å². The second kappa shape index (κ2) is 53.9.